The molecule has 2 atom stereocenters. The van der Waals surface area contributed by atoms with Gasteiger partial charge in [-0.25, -0.2) is 0 Å². The first-order chi connectivity index (χ1) is 11.1. The molecule has 1 saturated heterocycles. The molecule has 1 aliphatic carbocycles. The number of hydrogen-bond acceptors (Lipinski definition) is 4. The zero-order chi connectivity index (χ0) is 16.2. The summed E-state index contributed by atoms with van der Waals surface area (Å²) < 4.78 is 11.1. The van der Waals surface area contributed by atoms with E-state index in [4.69, 9.17) is 14.6 Å². The monoisotopic (exact) mass is 319 g/mol. The number of hydrogen-bond donors (Lipinski definition) is 2. The van der Waals surface area contributed by atoms with Crippen LogP contribution in [0.15, 0.2) is 24.3 Å². The summed E-state index contributed by atoms with van der Waals surface area (Å²) in [4.78, 5) is 22.7. The third kappa shape index (κ3) is 4.22. The van der Waals surface area contributed by atoms with Gasteiger partial charge in [-0.2, -0.15) is 0 Å². The standard InChI is InChI=1S/C17H21NO5/c19-16(14-9-15(14)17(20)21)18-12-1-3-13(4-2-12)23-10-11-5-7-22-8-6-11/h1-4,11,14-15H,5-10H2,(H,18,19)(H,20,21). The van der Waals surface area contributed by atoms with Crippen LogP contribution in [0.1, 0.15) is 19.3 Å². The Hall–Kier alpha value is -2.08. The van der Waals surface area contributed by atoms with Crippen molar-refractivity contribution in [3.8, 4) is 5.75 Å². The van der Waals surface area contributed by atoms with Crippen molar-refractivity contribution in [1.82, 2.24) is 0 Å². The number of ether oxygens (including phenoxy) is 2. The molecule has 0 aromatic heterocycles. The summed E-state index contributed by atoms with van der Waals surface area (Å²) in [5.74, 6) is -0.764. The molecule has 2 unspecified atom stereocenters. The number of carbonyl (C=O) groups excluding carboxylic acids is 1. The third-order valence-corrected chi connectivity index (χ3v) is 4.39. The van der Waals surface area contributed by atoms with Gasteiger partial charge >= 0.3 is 5.97 Å². The molecule has 0 radical (unpaired) electrons. The number of aliphatic carboxylic acids is 1. The van der Waals surface area contributed by atoms with Crippen LogP contribution in [0.2, 0.25) is 0 Å². The van der Waals surface area contributed by atoms with Crippen LogP contribution in [-0.4, -0.2) is 36.8 Å². The van der Waals surface area contributed by atoms with Crippen molar-refractivity contribution in [1.29, 1.82) is 0 Å². The van der Waals surface area contributed by atoms with Gasteiger partial charge in [-0.3, -0.25) is 9.59 Å². The van der Waals surface area contributed by atoms with Gasteiger partial charge in [0.2, 0.25) is 5.91 Å². The Bertz CT molecular complexity index is 565. The summed E-state index contributed by atoms with van der Waals surface area (Å²) in [6.07, 6.45) is 2.48. The van der Waals surface area contributed by atoms with E-state index in [-0.39, 0.29) is 5.91 Å². The minimum absolute atomic E-state index is 0.228. The lowest BCUT2D eigenvalue weighted by Crippen LogP contribution is -2.21. The highest BCUT2D eigenvalue weighted by Gasteiger charge is 2.48. The van der Waals surface area contributed by atoms with Crippen LogP contribution >= 0.6 is 0 Å². The molecule has 1 heterocycles. The number of anilines is 1. The number of carboxylic acids is 1. The van der Waals surface area contributed by atoms with E-state index in [2.05, 4.69) is 5.32 Å². The Morgan fingerprint density at radius 1 is 1.17 bits per heavy atom. The van der Waals surface area contributed by atoms with E-state index in [1.165, 1.54) is 0 Å². The summed E-state index contributed by atoms with van der Waals surface area (Å²) in [6.45, 7) is 2.28. The van der Waals surface area contributed by atoms with Crippen molar-refractivity contribution >= 4 is 17.6 Å². The maximum Gasteiger partial charge on any atom is 0.307 e. The zero-order valence-corrected chi connectivity index (χ0v) is 12.9. The lowest BCUT2D eigenvalue weighted by Gasteiger charge is -2.22. The van der Waals surface area contributed by atoms with Crippen molar-refractivity contribution in [3.63, 3.8) is 0 Å². The number of amides is 1. The van der Waals surface area contributed by atoms with Crippen LogP contribution in [0.25, 0.3) is 0 Å². The molecule has 1 amide bonds. The summed E-state index contributed by atoms with van der Waals surface area (Å²) in [5.41, 5.74) is 0.657. The van der Waals surface area contributed by atoms with Crippen molar-refractivity contribution < 1.29 is 24.2 Å². The Kier molecular flexibility index (Phi) is 4.81. The van der Waals surface area contributed by atoms with Gasteiger partial charge in [-0.15, -0.1) is 0 Å². The molecule has 1 aliphatic heterocycles. The molecule has 3 rings (SSSR count). The number of carbonyl (C=O) groups is 2. The van der Waals surface area contributed by atoms with Gasteiger partial charge in [0.15, 0.2) is 0 Å². The number of benzene rings is 1. The Labute approximate surface area is 134 Å². The van der Waals surface area contributed by atoms with Gasteiger partial charge in [-0.05, 0) is 49.4 Å². The first kappa shape index (κ1) is 15.8. The smallest absolute Gasteiger partial charge is 0.307 e. The number of rotatable bonds is 6. The fourth-order valence-corrected chi connectivity index (χ4v) is 2.75. The Morgan fingerprint density at radius 2 is 1.87 bits per heavy atom. The normalized spacial score (nSPS) is 24.0. The van der Waals surface area contributed by atoms with Crippen molar-refractivity contribution in [2.24, 2.45) is 17.8 Å². The van der Waals surface area contributed by atoms with Gasteiger partial charge < -0.3 is 19.9 Å². The fourth-order valence-electron chi connectivity index (χ4n) is 2.75. The average Bonchev–Trinajstić information content (AvgIpc) is 3.36. The quantitative estimate of drug-likeness (QED) is 0.839. The van der Waals surface area contributed by atoms with Crippen molar-refractivity contribution in [2.75, 3.05) is 25.1 Å². The maximum atomic E-state index is 11.9. The Morgan fingerprint density at radius 3 is 2.48 bits per heavy atom. The summed E-state index contributed by atoms with van der Waals surface area (Å²) in [6, 6.07) is 7.18. The van der Waals surface area contributed by atoms with E-state index in [1.54, 1.807) is 12.1 Å². The van der Waals surface area contributed by atoms with Crippen molar-refractivity contribution in [2.45, 2.75) is 19.3 Å². The van der Waals surface area contributed by atoms with Gasteiger partial charge in [0.05, 0.1) is 18.4 Å². The lowest BCUT2D eigenvalue weighted by atomic mass is 10.0. The zero-order valence-electron chi connectivity index (χ0n) is 12.9. The molecular weight excluding hydrogens is 298 g/mol. The van der Waals surface area contributed by atoms with E-state index >= 15 is 0 Å². The fraction of sp³-hybridized carbons (Fsp3) is 0.529. The summed E-state index contributed by atoms with van der Waals surface area (Å²) >= 11 is 0. The van der Waals surface area contributed by atoms with Gasteiger partial charge in [0, 0.05) is 18.9 Å². The third-order valence-electron chi connectivity index (χ3n) is 4.39. The second-order valence-corrected chi connectivity index (χ2v) is 6.17. The first-order valence-corrected chi connectivity index (χ1v) is 7.98. The number of nitrogens with one attached hydrogen (secondary N) is 1. The summed E-state index contributed by atoms with van der Waals surface area (Å²) in [5, 5.41) is 11.6. The topological polar surface area (TPSA) is 84.9 Å². The largest absolute Gasteiger partial charge is 0.493 e. The van der Waals surface area contributed by atoms with Crippen LogP contribution in [-0.2, 0) is 14.3 Å². The van der Waals surface area contributed by atoms with Crippen molar-refractivity contribution in [3.05, 3.63) is 24.3 Å². The van der Waals surface area contributed by atoms with Crippen LogP contribution in [0.4, 0.5) is 5.69 Å². The molecule has 2 N–H and O–H groups in total. The molecule has 0 spiro atoms. The van der Waals surface area contributed by atoms with Crippen LogP contribution in [0, 0.1) is 17.8 Å². The summed E-state index contributed by atoms with van der Waals surface area (Å²) in [7, 11) is 0. The molecule has 0 bridgehead atoms. The molecule has 2 fully saturated rings. The predicted molar refractivity (Wildman–Crippen MR) is 83.3 cm³/mol. The molecule has 23 heavy (non-hydrogen) atoms. The molecule has 6 nitrogen and oxygen atoms in total. The van der Waals surface area contributed by atoms with E-state index in [1.807, 2.05) is 12.1 Å². The minimum Gasteiger partial charge on any atom is -0.493 e. The molecule has 6 heteroatoms. The molecule has 1 aromatic carbocycles. The highest BCUT2D eigenvalue weighted by atomic mass is 16.5. The molecular formula is C17H21NO5. The van der Waals surface area contributed by atoms with Gasteiger partial charge in [0.1, 0.15) is 5.75 Å². The SMILES string of the molecule is O=C(O)C1CC1C(=O)Nc1ccc(OCC2CCOCC2)cc1. The molecule has 124 valence electrons. The van der Waals surface area contributed by atoms with Crippen LogP contribution < -0.4 is 10.1 Å². The van der Waals surface area contributed by atoms with Gasteiger partial charge in [-0.1, -0.05) is 0 Å². The first-order valence-electron chi connectivity index (χ1n) is 7.98. The predicted octanol–water partition coefficient (Wildman–Crippen LogP) is 2.15. The average molecular weight is 319 g/mol. The maximum absolute atomic E-state index is 11.9. The molecule has 1 saturated carbocycles. The van der Waals surface area contributed by atoms with E-state index in [9.17, 15) is 9.59 Å². The van der Waals surface area contributed by atoms with E-state index in [0.29, 0.717) is 24.6 Å². The van der Waals surface area contributed by atoms with E-state index in [0.717, 1.165) is 31.8 Å². The minimum atomic E-state index is -0.901. The highest BCUT2D eigenvalue weighted by Crippen LogP contribution is 2.39. The van der Waals surface area contributed by atoms with Crippen LogP contribution in [0.3, 0.4) is 0 Å². The van der Waals surface area contributed by atoms with Crippen LogP contribution in [0.5, 0.6) is 5.75 Å². The highest BCUT2D eigenvalue weighted by molar-refractivity contribution is 5.98. The number of carboxylic acid groups (broad SMARTS) is 1. The Balaban J connectivity index is 1.45. The molecule has 1 aromatic rings. The molecule has 2 aliphatic rings. The second kappa shape index (κ2) is 7.00. The van der Waals surface area contributed by atoms with Gasteiger partial charge in [0.25, 0.3) is 0 Å². The second-order valence-electron chi connectivity index (χ2n) is 6.17. The lowest BCUT2D eigenvalue weighted by molar-refractivity contribution is -0.139. The van der Waals surface area contributed by atoms with E-state index < -0.39 is 17.8 Å².